The topological polar surface area (TPSA) is 21.3 Å². The van der Waals surface area contributed by atoms with E-state index >= 15 is 0 Å². The Balaban J connectivity index is 2.07. The maximum atomic E-state index is 5.70. The molecule has 0 saturated heterocycles. The second kappa shape index (κ2) is 5.50. The summed E-state index contributed by atoms with van der Waals surface area (Å²) in [6, 6.07) is 0.719. The zero-order valence-electron chi connectivity index (χ0n) is 11.7. The monoisotopic (exact) mass is 227 g/mol. The molecule has 1 aliphatic carbocycles. The van der Waals surface area contributed by atoms with Gasteiger partial charge < -0.3 is 10.1 Å². The van der Waals surface area contributed by atoms with Gasteiger partial charge in [-0.1, -0.05) is 13.8 Å². The van der Waals surface area contributed by atoms with Gasteiger partial charge in [0.05, 0.1) is 12.2 Å². The minimum atomic E-state index is -0.00373. The zero-order chi connectivity index (χ0) is 12.2. The summed E-state index contributed by atoms with van der Waals surface area (Å²) in [5.74, 6) is 0. The first-order valence-corrected chi connectivity index (χ1v) is 6.66. The maximum Gasteiger partial charge on any atom is 0.0599 e. The Labute approximate surface area is 101 Å². The summed E-state index contributed by atoms with van der Waals surface area (Å²) in [6.07, 6.45) is 5.35. The number of rotatable bonds is 4. The van der Waals surface area contributed by atoms with E-state index in [1.165, 1.54) is 25.7 Å². The van der Waals surface area contributed by atoms with Crippen LogP contribution >= 0.6 is 0 Å². The minimum absolute atomic E-state index is 0.00373. The molecule has 1 aliphatic rings. The molecule has 2 heteroatoms. The van der Waals surface area contributed by atoms with E-state index in [0.29, 0.717) is 5.41 Å². The van der Waals surface area contributed by atoms with E-state index in [9.17, 15) is 0 Å². The van der Waals surface area contributed by atoms with Crippen LogP contribution in [-0.4, -0.2) is 24.8 Å². The highest BCUT2D eigenvalue weighted by molar-refractivity contribution is 4.81. The molecule has 0 aromatic carbocycles. The van der Waals surface area contributed by atoms with E-state index in [1.54, 1.807) is 0 Å². The normalized spacial score (nSPS) is 22.3. The molecule has 0 bridgehead atoms. The lowest BCUT2D eigenvalue weighted by atomic mass is 9.75. The second-order valence-electron chi connectivity index (χ2n) is 6.85. The highest BCUT2D eigenvalue weighted by atomic mass is 16.5. The van der Waals surface area contributed by atoms with Crippen molar-refractivity contribution in [3.8, 4) is 0 Å². The van der Waals surface area contributed by atoms with Gasteiger partial charge in [0, 0.05) is 12.6 Å². The Morgan fingerprint density at radius 1 is 1.19 bits per heavy atom. The third-order valence-corrected chi connectivity index (χ3v) is 3.41. The van der Waals surface area contributed by atoms with Crippen molar-refractivity contribution in [1.29, 1.82) is 0 Å². The molecule has 0 aromatic rings. The van der Waals surface area contributed by atoms with Crippen LogP contribution in [0, 0.1) is 5.41 Å². The molecule has 0 amide bonds. The van der Waals surface area contributed by atoms with E-state index in [-0.39, 0.29) is 5.60 Å². The lowest BCUT2D eigenvalue weighted by molar-refractivity contribution is -0.00233. The first-order chi connectivity index (χ1) is 7.29. The molecule has 0 aliphatic heterocycles. The summed E-state index contributed by atoms with van der Waals surface area (Å²) in [6.45, 7) is 12.9. The molecule has 0 unspecified atom stereocenters. The van der Waals surface area contributed by atoms with Crippen molar-refractivity contribution in [2.45, 2.75) is 71.9 Å². The van der Waals surface area contributed by atoms with Gasteiger partial charge in [-0.15, -0.1) is 0 Å². The van der Waals surface area contributed by atoms with Crippen LogP contribution in [0.4, 0.5) is 0 Å². The summed E-state index contributed by atoms with van der Waals surface area (Å²) in [4.78, 5) is 0. The molecule has 0 spiro atoms. The summed E-state index contributed by atoms with van der Waals surface area (Å²) in [5.41, 5.74) is 0.566. The quantitative estimate of drug-likeness (QED) is 0.744. The summed E-state index contributed by atoms with van der Waals surface area (Å²) >= 11 is 0. The van der Waals surface area contributed by atoms with Gasteiger partial charge >= 0.3 is 0 Å². The lowest BCUT2D eigenvalue weighted by Gasteiger charge is -2.34. The first-order valence-electron chi connectivity index (χ1n) is 6.66. The van der Waals surface area contributed by atoms with Gasteiger partial charge in [-0.2, -0.15) is 0 Å². The van der Waals surface area contributed by atoms with Gasteiger partial charge in [-0.25, -0.2) is 0 Å². The molecule has 96 valence electrons. The summed E-state index contributed by atoms with van der Waals surface area (Å²) in [7, 11) is 0. The predicted molar refractivity (Wildman–Crippen MR) is 69.7 cm³/mol. The van der Waals surface area contributed by atoms with Gasteiger partial charge in [0.1, 0.15) is 0 Å². The van der Waals surface area contributed by atoms with E-state index < -0.39 is 0 Å². The third kappa shape index (κ3) is 5.86. The maximum absolute atomic E-state index is 5.70. The van der Waals surface area contributed by atoms with Crippen LogP contribution < -0.4 is 5.32 Å². The zero-order valence-corrected chi connectivity index (χ0v) is 11.7. The molecule has 16 heavy (non-hydrogen) atoms. The van der Waals surface area contributed by atoms with Gasteiger partial charge in [0.15, 0.2) is 0 Å². The number of ether oxygens (including phenoxy) is 1. The van der Waals surface area contributed by atoms with Crippen molar-refractivity contribution < 1.29 is 4.74 Å². The van der Waals surface area contributed by atoms with Crippen LogP contribution in [0.3, 0.4) is 0 Å². The average molecular weight is 227 g/mol. The largest absolute Gasteiger partial charge is 0.375 e. The Morgan fingerprint density at radius 2 is 1.75 bits per heavy atom. The summed E-state index contributed by atoms with van der Waals surface area (Å²) < 4.78 is 5.70. The predicted octanol–water partition coefficient (Wildman–Crippen LogP) is 3.36. The lowest BCUT2D eigenvalue weighted by Crippen LogP contribution is -2.38. The van der Waals surface area contributed by atoms with Crippen molar-refractivity contribution in [3.63, 3.8) is 0 Å². The van der Waals surface area contributed by atoms with Gasteiger partial charge in [-0.3, -0.25) is 0 Å². The van der Waals surface area contributed by atoms with E-state index in [0.717, 1.165) is 19.2 Å². The molecular weight excluding hydrogens is 198 g/mol. The molecule has 2 nitrogen and oxygen atoms in total. The fraction of sp³-hybridized carbons (Fsp3) is 1.00. The second-order valence-corrected chi connectivity index (χ2v) is 6.85. The molecule has 1 rings (SSSR count). The average Bonchev–Trinajstić information content (AvgIpc) is 2.13. The molecule has 1 N–H and O–H groups in total. The van der Waals surface area contributed by atoms with Crippen LogP contribution in [0.25, 0.3) is 0 Å². The van der Waals surface area contributed by atoms with Gasteiger partial charge in [-0.05, 0) is 51.9 Å². The fourth-order valence-electron chi connectivity index (χ4n) is 2.22. The van der Waals surface area contributed by atoms with Crippen LogP contribution in [0.2, 0.25) is 0 Å². The Hall–Kier alpha value is -0.0800. The van der Waals surface area contributed by atoms with Crippen molar-refractivity contribution in [3.05, 3.63) is 0 Å². The number of hydrogen-bond donors (Lipinski definition) is 1. The highest BCUT2D eigenvalue weighted by Crippen LogP contribution is 2.34. The Bertz CT molecular complexity index is 195. The van der Waals surface area contributed by atoms with Crippen LogP contribution in [-0.2, 0) is 4.74 Å². The van der Waals surface area contributed by atoms with E-state index in [4.69, 9.17) is 4.74 Å². The highest BCUT2D eigenvalue weighted by Gasteiger charge is 2.26. The van der Waals surface area contributed by atoms with Crippen molar-refractivity contribution in [2.24, 2.45) is 5.41 Å². The third-order valence-electron chi connectivity index (χ3n) is 3.41. The van der Waals surface area contributed by atoms with Crippen molar-refractivity contribution >= 4 is 0 Å². The van der Waals surface area contributed by atoms with Crippen molar-refractivity contribution in [2.75, 3.05) is 13.2 Å². The Kier molecular flexibility index (Phi) is 4.81. The SMILES string of the molecule is CC1(C)CCC(NCCOC(C)(C)C)CC1. The number of hydrogen-bond acceptors (Lipinski definition) is 2. The molecule has 0 radical (unpaired) electrons. The first kappa shape index (κ1) is 14.0. The van der Waals surface area contributed by atoms with Gasteiger partial charge in [0.25, 0.3) is 0 Å². The van der Waals surface area contributed by atoms with Crippen LogP contribution in [0.15, 0.2) is 0 Å². The molecule has 0 heterocycles. The summed E-state index contributed by atoms with van der Waals surface area (Å²) in [5, 5.41) is 3.61. The smallest absolute Gasteiger partial charge is 0.0599 e. The standard InChI is InChI=1S/C14H29NO/c1-13(2,3)16-11-10-15-12-6-8-14(4,5)9-7-12/h12,15H,6-11H2,1-5H3. The van der Waals surface area contributed by atoms with E-state index in [2.05, 4.69) is 39.9 Å². The molecular formula is C14H29NO. The van der Waals surface area contributed by atoms with Crippen molar-refractivity contribution in [1.82, 2.24) is 5.32 Å². The van der Waals surface area contributed by atoms with Crippen LogP contribution in [0.5, 0.6) is 0 Å². The molecule has 1 fully saturated rings. The molecule has 0 aromatic heterocycles. The molecule has 0 atom stereocenters. The Morgan fingerprint density at radius 3 is 2.25 bits per heavy atom. The minimum Gasteiger partial charge on any atom is -0.375 e. The fourth-order valence-corrected chi connectivity index (χ4v) is 2.22. The molecule has 1 saturated carbocycles. The van der Waals surface area contributed by atoms with Gasteiger partial charge in [0.2, 0.25) is 0 Å². The number of nitrogens with one attached hydrogen (secondary N) is 1. The van der Waals surface area contributed by atoms with E-state index in [1.807, 2.05) is 0 Å². The van der Waals surface area contributed by atoms with Crippen LogP contribution in [0.1, 0.15) is 60.3 Å².